The summed E-state index contributed by atoms with van der Waals surface area (Å²) in [6.45, 7) is 4.79. The first kappa shape index (κ1) is 11.9. The van der Waals surface area contributed by atoms with E-state index in [-0.39, 0.29) is 17.6 Å². The standard InChI is InChI=1S/C11H17N3O3/c12-10-2-1-9(17-10)11(15)13-3-4-14-5-7-16-8-6-14/h1-2H,3-8,12H2,(H,13,15). The van der Waals surface area contributed by atoms with Gasteiger partial charge in [-0.3, -0.25) is 9.69 Å². The Morgan fingerprint density at radius 1 is 1.41 bits per heavy atom. The van der Waals surface area contributed by atoms with Crippen LogP contribution in [0.5, 0.6) is 0 Å². The molecule has 6 heteroatoms. The van der Waals surface area contributed by atoms with Crippen LogP contribution < -0.4 is 11.1 Å². The Hall–Kier alpha value is -1.53. The number of hydrogen-bond donors (Lipinski definition) is 2. The van der Waals surface area contributed by atoms with Crippen molar-refractivity contribution in [3.63, 3.8) is 0 Å². The summed E-state index contributed by atoms with van der Waals surface area (Å²) >= 11 is 0. The third kappa shape index (κ3) is 3.47. The smallest absolute Gasteiger partial charge is 0.287 e. The number of carbonyl (C=O) groups excluding carboxylic acids is 1. The Bertz CT molecular complexity index is 372. The molecule has 0 spiro atoms. The molecule has 2 heterocycles. The molecule has 94 valence electrons. The first-order valence-corrected chi connectivity index (χ1v) is 5.69. The SMILES string of the molecule is Nc1ccc(C(=O)NCCN2CCOCC2)o1. The van der Waals surface area contributed by atoms with Crippen molar-refractivity contribution in [2.24, 2.45) is 0 Å². The van der Waals surface area contributed by atoms with E-state index in [2.05, 4.69) is 10.2 Å². The molecule has 1 aliphatic rings. The second kappa shape index (κ2) is 5.70. The minimum atomic E-state index is -0.227. The lowest BCUT2D eigenvalue weighted by Gasteiger charge is -2.26. The van der Waals surface area contributed by atoms with E-state index in [0.717, 1.165) is 32.8 Å². The number of nitrogen functional groups attached to an aromatic ring is 1. The maximum absolute atomic E-state index is 11.6. The Labute approximate surface area is 99.7 Å². The van der Waals surface area contributed by atoms with E-state index in [1.807, 2.05) is 0 Å². The average Bonchev–Trinajstić information content (AvgIpc) is 2.77. The van der Waals surface area contributed by atoms with Crippen molar-refractivity contribution < 1.29 is 13.9 Å². The summed E-state index contributed by atoms with van der Waals surface area (Å²) in [7, 11) is 0. The number of nitrogens with zero attached hydrogens (tertiary/aromatic N) is 1. The number of carbonyl (C=O) groups is 1. The molecule has 1 aromatic heterocycles. The monoisotopic (exact) mass is 239 g/mol. The number of furan rings is 1. The molecule has 0 unspecified atom stereocenters. The van der Waals surface area contributed by atoms with Crippen LogP contribution in [0.1, 0.15) is 10.6 Å². The van der Waals surface area contributed by atoms with Gasteiger partial charge in [-0.15, -0.1) is 0 Å². The van der Waals surface area contributed by atoms with E-state index in [4.69, 9.17) is 14.9 Å². The summed E-state index contributed by atoms with van der Waals surface area (Å²) in [5.41, 5.74) is 5.39. The topological polar surface area (TPSA) is 80.7 Å². The molecule has 1 fully saturated rings. The van der Waals surface area contributed by atoms with Gasteiger partial charge in [-0.2, -0.15) is 0 Å². The van der Waals surface area contributed by atoms with Crippen LogP contribution in [0.15, 0.2) is 16.5 Å². The number of hydrogen-bond acceptors (Lipinski definition) is 5. The third-order valence-corrected chi connectivity index (χ3v) is 2.67. The van der Waals surface area contributed by atoms with E-state index in [1.54, 1.807) is 12.1 Å². The molecule has 0 aromatic carbocycles. The van der Waals surface area contributed by atoms with Crippen molar-refractivity contribution in [2.45, 2.75) is 0 Å². The molecule has 6 nitrogen and oxygen atoms in total. The number of morpholine rings is 1. The maximum Gasteiger partial charge on any atom is 0.287 e. The minimum absolute atomic E-state index is 0.227. The van der Waals surface area contributed by atoms with Gasteiger partial charge in [-0.25, -0.2) is 0 Å². The van der Waals surface area contributed by atoms with Gasteiger partial charge in [0.1, 0.15) is 0 Å². The van der Waals surface area contributed by atoms with E-state index >= 15 is 0 Å². The van der Waals surface area contributed by atoms with Crippen LogP contribution in [-0.2, 0) is 4.74 Å². The van der Waals surface area contributed by atoms with Crippen LogP contribution in [0.2, 0.25) is 0 Å². The molecule has 1 saturated heterocycles. The average molecular weight is 239 g/mol. The van der Waals surface area contributed by atoms with Gasteiger partial charge < -0.3 is 20.2 Å². The number of ether oxygens (including phenoxy) is 1. The molecule has 0 bridgehead atoms. The first-order chi connectivity index (χ1) is 8.25. The summed E-state index contributed by atoms with van der Waals surface area (Å²) in [5, 5.41) is 2.79. The molecule has 0 aliphatic carbocycles. The molecular formula is C11H17N3O3. The van der Waals surface area contributed by atoms with E-state index < -0.39 is 0 Å². The largest absolute Gasteiger partial charge is 0.436 e. The molecule has 3 N–H and O–H groups in total. The Balaban J connectivity index is 1.69. The zero-order chi connectivity index (χ0) is 12.1. The van der Waals surface area contributed by atoms with Gasteiger partial charge >= 0.3 is 0 Å². The lowest BCUT2D eigenvalue weighted by atomic mass is 10.4. The number of amides is 1. The van der Waals surface area contributed by atoms with Crippen LogP contribution in [0.3, 0.4) is 0 Å². The Morgan fingerprint density at radius 2 is 2.18 bits per heavy atom. The molecule has 0 atom stereocenters. The second-order valence-electron chi connectivity index (χ2n) is 3.91. The number of rotatable bonds is 4. The van der Waals surface area contributed by atoms with E-state index in [1.165, 1.54) is 0 Å². The van der Waals surface area contributed by atoms with Crippen LogP contribution in [0, 0.1) is 0 Å². The van der Waals surface area contributed by atoms with Crippen molar-refractivity contribution >= 4 is 11.8 Å². The Morgan fingerprint density at radius 3 is 2.82 bits per heavy atom. The summed E-state index contributed by atoms with van der Waals surface area (Å²) in [6, 6.07) is 3.14. The van der Waals surface area contributed by atoms with Gasteiger partial charge in [0.25, 0.3) is 5.91 Å². The fourth-order valence-corrected chi connectivity index (χ4v) is 1.71. The van der Waals surface area contributed by atoms with Crippen LogP contribution in [0.25, 0.3) is 0 Å². The number of nitrogens with one attached hydrogen (secondary N) is 1. The molecule has 1 aromatic rings. The lowest BCUT2D eigenvalue weighted by Crippen LogP contribution is -2.41. The van der Waals surface area contributed by atoms with E-state index in [0.29, 0.717) is 6.54 Å². The van der Waals surface area contributed by atoms with Crippen molar-refractivity contribution in [3.05, 3.63) is 17.9 Å². The fraction of sp³-hybridized carbons (Fsp3) is 0.545. The molecule has 17 heavy (non-hydrogen) atoms. The highest BCUT2D eigenvalue weighted by atomic mass is 16.5. The second-order valence-corrected chi connectivity index (χ2v) is 3.91. The molecular weight excluding hydrogens is 222 g/mol. The lowest BCUT2D eigenvalue weighted by molar-refractivity contribution is 0.0382. The molecule has 1 amide bonds. The first-order valence-electron chi connectivity index (χ1n) is 5.69. The van der Waals surface area contributed by atoms with Crippen molar-refractivity contribution in [2.75, 3.05) is 45.1 Å². The summed E-state index contributed by atoms with van der Waals surface area (Å²) in [6.07, 6.45) is 0. The predicted molar refractivity (Wildman–Crippen MR) is 62.7 cm³/mol. The van der Waals surface area contributed by atoms with Crippen LogP contribution in [-0.4, -0.2) is 50.2 Å². The zero-order valence-corrected chi connectivity index (χ0v) is 9.65. The highest BCUT2D eigenvalue weighted by Crippen LogP contribution is 2.08. The zero-order valence-electron chi connectivity index (χ0n) is 9.65. The quantitative estimate of drug-likeness (QED) is 0.768. The molecule has 0 radical (unpaired) electrons. The third-order valence-electron chi connectivity index (χ3n) is 2.67. The summed E-state index contributed by atoms with van der Waals surface area (Å²) < 4.78 is 10.3. The van der Waals surface area contributed by atoms with Crippen LogP contribution in [0.4, 0.5) is 5.88 Å². The highest BCUT2D eigenvalue weighted by molar-refractivity contribution is 5.91. The normalized spacial score (nSPS) is 16.9. The van der Waals surface area contributed by atoms with Crippen molar-refractivity contribution in [3.8, 4) is 0 Å². The van der Waals surface area contributed by atoms with Gasteiger partial charge in [0.15, 0.2) is 11.6 Å². The number of anilines is 1. The predicted octanol–water partition coefficient (Wildman–Crippen LogP) is -0.0762. The molecule has 0 saturated carbocycles. The highest BCUT2D eigenvalue weighted by Gasteiger charge is 2.12. The van der Waals surface area contributed by atoms with Gasteiger partial charge in [-0.05, 0) is 6.07 Å². The summed E-state index contributed by atoms with van der Waals surface area (Å²) in [4.78, 5) is 13.8. The minimum Gasteiger partial charge on any atom is -0.436 e. The van der Waals surface area contributed by atoms with Gasteiger partial charge in [0.2, 0.25) is 0 Å². The molecule has 1 aliphatic heterocycles. The molecule has 2 rings (SSSR count). The van der Waals surface area contributed by atoms with Gasteiger partial charge in [0, 0.05) is 32.2 Å². The van der Waals surface area contributed by atoms with Crippen LogP contribution >= 0.6 is 0 Å². The Kier molecular flexibility index (Phi) is 4.00. The fourth-order valence-electron chi connectivity index (χ4n) is 1.71. The van der Waals surface area contributed by atoms with Gasteiger partial charge in [0.05, 0.1) is 13.2 Å². The summed E-state index contributed by atoms with van der Waals surface area (Å²) in [5.74, 6) is 0.280. The van der Waals surface area contributed by atoms with Crippen molar-refractivity contribution in [1.29, 1.82) is 0 Å². The van der Waals surface area contributed by atoms with E-state index in [9.17, 15) is 4.79 Å². The number of nitrogens with two attached hydrogens (primary N) is 1. The van der Waals surface area contributed by atoms with Crippen molar-refractivity contribution in [1.82, 2.24) is 10.2 Å². The van der Waals surface area contributed by atoms with Gasteiger partial charge in [-0.1, -0.05) is 0 Å². The maximum atomic E-state index is 11.6.